The molecule has 0 atom stereocenters. The fourth-order valence-corrected chi connectivity index (χ4v) is 0. The van der Waals surface area contributed by atoms with Gasteiger partial charge in [0.25, 0.3) is 0 Å². The van der Waals surface area contributed by atoms with Crippen LogP contribution in [0.5, 0.6) is 0 Å². The van der Waals surface area contributed by atoms with Crippen molar-refractivity contribution in [2.24, 2.45) is 22.9 Å². The summed E-state index contributed by atoms with van der Waals surface area (Å²) in [5.74, 6) is 0. The van der Waals surface area contributed by atoms with Crippen LogP contribution in [0.2, 0.25) is 0 Å². The van der Waals surface area contributed by atoms with Gasteiger partial charge in [0, 0.05) is 22.2 Å². The minimum absolute atomic E-state index is 0. The Kier molecular flexibility index (Phi) is 8.72. The molecule has 102 valence electrons. The number of rotatable bonds is 2. The van der Waals surface area contributed by atoms with Crippen LogP contribution in [0, 0.1) is 0 Å². The topological polar surface area (TPSA) is 104 Å². The van der Waals surface area contributed by atoms with Crippen LogP contribution in [-0.4, -0.2) is 41.0 Å². The van der Waals surface area contributed by atoms with Crippen LogP contribution in [0.1, 0.15) is 55.4 Å². The average Bonchev–Trinajstić information content (AvgIpc) is 1.77. The summed E-state index contributed by atoms with van der Waals surface area (Å²) in [5.41, 5.74) is 21.6. The second-order valence-electron chi connectivity index (χ2n) is 6.89. The summed E-state index contributed by atoms with van der Waals surface area (Å²) in [5, 5.41) is 0. The van der Waals surface area contributed by atoms with E-state index in [1.807, 2.05) is 55.4 Å². The summed E-state index contributed by atoms with van der Waals surface area (Å²) in [4.78, 5) is 0. The van der Waals surface area contributed by atoms with Crippen LogP contribution in [0.15, 0.2) is 0 Å². The normalized spacial score (nSPS) is 13.4. The van der Waals surface area contributed by atoms with E-state index in [9.17, 15) is 0 Å². The van der Waals surface area contributed by atoms with E-state index in [0.29, 0.717) is 0 Å². The van der Waals surface area contributed by atoms with Gasteiger partial charge in [0.05, 0.1) is 0 Å². The van der Waals surface area contributed by atoms with Gasteiger partial charge in [-0.1, -0.05) is 0 Å². The van der Waals surface area contributed by atoms with Crippen LogP contribution in [0.25, 0.3) is 0 Å². The van der Waals surface area contributed by atoms with Crippen molar-refractivity contribution in [2.75, 3.05) is 0 Å². The van der Waals surface area contributed by atoms with E-state index in [1.54, 1.807) is 0 Å². The summed E-state index contributed by atoms with van der Waals surface area (Å²) in [6, 6.07) is 0. The summed E-state index contributed by atoms with van der Waals surface area (Å²) < 4.78 is 0. The van der Waals surface area contributed by atoms with E-state index in [1.165, 1.54) is 0 Å². The Morgan fingerprint density at radius 1 is 0.412 bits per heavy atom. The molecule has 0 saturated heterocycles. The molecule has 0 radical (unpaired) electrons. The van der Waals surface area contributed by atoms with Crippen LogP contribution in [0.4, 0.5) is 0 Å². The summed E-state index contributed by atoms with van der Waals surface area (Å²) >= 11 is 0. The Morgan fingerprint density at radius 3 is 0.471 bits per heavy atom. The Bertz CT molecular complexity index is 153. The van der Waals surface area contributed by atoms with Crippen LogP contribution >= 0.6 is 0 Å². The van der Waals surface area contributed by atoms with Crippen LogP contribution in [0.3, 0.4) is 0 Å². The van der Waals surface area contributed by atoms with Crippen molar-refractivity contribution >= 4 is 18.9 Å². The Labute approximate surface area is 119 Å². The van der Waals surface area contributed by atoms with Gasteiger partial charge in [0.2, 0.25) is 0 Å². The Hall–Kier alpha value is 0.437. The van der Waals surface area contributed by atoms with Gasteiger partial charge in [-0.05, 0) is 55.4 Å². The quantitative estimate of drug-likeness (QED) is 0.520. The Balaban J connectivity index is -0.000000218. The van der Waals surface area contributed by atoms with Gasteiger partial charge in [0.15, 0.2) is 0 Å². The first-order chi connectivity index (χ1) is 6.50. The zero-order valence-electron chi connectivity index (χ0n) is 12.3. The third-order valence-electron chi connectivity index (χ3n) is 3.32. The molecule has 0 fully saturated rings. The van der Waals surface area contributed by atoms with Crippen molar-refractivity contribution in [1.29, 1.82) is 0 Å². The first-order valence-corrected chi connectivity index (χ1v) is 5.65. The first kappa shape index (κ1) is 22.6. The van der Waals surface area contributed by atoms with Crippen molar-refractivity contribution in [3.63, 3.8) is 0 Å². The molecule has 0 aliphatic carbocycles. The monoisotopic (exact) mass is 240 g/mol. The molecule has 0 heterocycles. The molecule has 0 saturated carbocycles. The Morgan fingerprint density at radius 2 is 0.471 bits per heavy atom. The molecule has 5 heteroatoms. The van der Waals surface area contributed by atoms with E-state index < -0.39 is 0 Å². The summed E-state index contributed by atoms with van der Waals surface area (Å²) in [7, 11) is 0. The molecule has 0 spiro atoms. The van der Waals surface area contributed by atoms with E-state index in [2.05, 4.69) is 0 Å². The van der Waals surface area contributed by atoms with Gasteiger partial charge in [-0.15, -0.1) is 0 Å². The molecule has 0 bridgehead atoms. The second kappa shape index (κ2) is 6.56. The second-order valence-corrected chi connectivity index (χ2v) is 6.89. The SMILES string of the molecule is CC(C)(N)C(C)(C)N.CC(C)(N)C(C)(C)N.[LiH]. The van der Waals surface area contributed by atoms with Gasteiger partial charge in [-0.25, -0.2) is 0 Å². The minimum atomic E-state index is -0.285. The predicted molar refractivity (Wildman–Crippen MR) is 80.2 cm³/mol. The average molecular weight is 240 g/mol. The van der Waals surface area contributed by atoms with E-state index in [4.69, 9.17) is 22.9 Å². The molecule has 8 N–H and O–H groups in total. The standard InChI is InChI=1S/2C6H16N2.Li.H/c2*1-5(2,7)6(3,4)8;;/h2*7-8H2,1-4H3;;. The van der Waals surface area contributed by atoms with Crippen molar-refractivity contribution in [2.45, 2.75) is 77.5 Å². The molecule has 0 aliphatic rings. The van der Waals surface area contributed by atoms with Crippen LogP contribution in [-0.2, 0) is 0 Å². The van der Waals surface area contributed by atoms with E-state index in [0.717, 1.165) is 0 Å². The number of hydrogen-bond acceptors (Lipinski definition) is 4. The molecule has 0 rings (SSSR count). The fourth-order valence-electron chi connectivity index (χ4n) is 0. The third-order valence-corrected chi connectivity index (χ3v) is 3.32. The van der Waals surface area contributed by atoms with Crippen molar-refractivity contribution in [3.05, 3.63) is 0 Å². The van der Waals surface area contributed by atoms with Gasteiger partial charge < -0.3 is 22.9 Å². The van der Waals surface area contributed by atoms with Crippen LogP contribution < -0.4 is 22.9 Å². The van der Waals surface area contributed by atoms with Gasteiger partial charge in [0.1, 0.15) is 0 Å². The molecule has 0 aliphatic heterocycles. The summed E-state index contributed by atoms with van der Waals surface area (Å²) in [6.07, 6.45) is 0. The molecule has 0 aromatic carbocycles. The van der Waals surface area contributed by atoms with Crippen molar-refractivity contribution in [1.82, 2.24) is 0 Å². The molecular weight excluding hydrogens is 207 g/mol. The molecule has 17 heavy (non-hydrogen) atoms. The molecule has 0 aromatic rings. The summed E-state index contributed by atoms with van der Waals surface area (Å²) in [6.45, 7) is 15.4. The number of nitrogens with two attached hydrogens (primary N) is 4. The third kappa shape index (κ3) is 10.1. The molecule has 0 amide bonds. The van der Waals surface area contributed by atoms with Crippen molar-refractivity contribution < 1.29 is 0 Å². The predicted octanol–water partition coefficient (Wildman–Crippen LogP) is 0.274. The number of hydrogen-bond donors (Lipinski definition) is 4. The van der Waals surface area contributed by atoms with Gasteiger partial charge in [-0.2, -0.15) is 0 Å². The fraction of sp³-hybridized carbons (Fsp3) is 1.00. The zero-order valence-corrected chi connectivity index (χ0v) is 12.3. The molecule has 4 nitrogen and oxygen atoms in total. The van der Waals surface area contributed by atoms with Crippen molar-refractivity contribution in [3.8, 4) is 0 Å². The van der Waals surface area contributed by atoms with E-state index in [-0.39, 0.29) is 41.0 Å². The van der Waals surface area contributed by atoms with E-state index >= 15 is 0 Å². The molecular formula is C12H33LiN4. The zero-order chi connectivity index (χ0) is 14.0. The maximum absolute atomic E-state index is 5.69. The maximum atomic E-state index is 5.69. The van der Waals surface area contributed by atoms with Gasteiger partial charge in [-0.3, -0.25) is 0 Å². The molecule has 0 aromatic heterocycles. The molecule has 0 unspecified atom stereocenters. The first-order valence-electron chi connectivity index (χ1n) is 5.65. The van der Waals surface area contributed by atoms with Gasteiger partial charge >= 0.3 is 18.9 Å².